The van der Waals surface area contributed by atoms with Gasteiger partial charge in [0.1, 0.15) is 18.2 Å². The predicted molar refractivity (Wildman–Crippen MR) is 134 cm³/mol. The van der Waals surface area contributed by atoms with Gasteiger partial charge >= 0.3 is 6.09 Å². The zero-order valence-electron chi connectivity index (χ0n) is 19.5. The normalized spacial score (nSPS) is 14.1. The molecule has 0 radical (unpaired) electrons. The molecule has 3 heterocycles. The van der Waals surface area contributed by atoms with E-state index in [9.17, 15) is 9.90 Å². The zero-order chi connectivity index (χ0) is 24.2. The molecule has 35 heavy (non-hydrogen) atoms. The van der Waals surface area contributed by atoms with Crippen molar-refractivity contribution >= 4 is 22.8 Å². The van der Waals surface area contributed by atoms with Crippen LogP contribution in [0.4, 0.5) is 10.6 Å². The summed E-state index contributed by atoms with van der Waals surface area (Å²) in [7, 11) is 0. The number of phenolic OH excluding ortho intramolecular Hbond substituents is 1. The van der Waals surface area contributed by atoms with Crippen LogP contribution in [0.5, 0.6) is 5.75 Å². The van der Waals surface area contributed by atoms with Gasteiger partial charge < -0.3 is 15.2 Å². The first-order chi connectivity index (χ1) is 17.1. The van der Waals surface area contributed by atoms with E-state index in [1.54, 1.807) is 35.5 Å². The van der Waals surface area contributed by atoms with Crippen LogP contribution >= 0.6 is 0 Å². The molecule has 0 unspecified atom stereocenters. The summed E-state index contributed by atoms with van der Waals surface area (Å²) < 4.78 is 5.77. The van der Waals surface area contributed by atoms with E-state index in [0.29, 0.717) is 22.7 Å². The van der Waals surface area contributed by atoms with Gasteiger partial charge in [0.25, 0.3) is 0 Å². The number of phenols is 1. The first-order valence-electron chi connectivity index (χ1n) is 11.7. The van der Waals surface area contributed by atoms with Crippen LogP contribution in [0, 0.1) is 6.92 Å². The summed E-state index contributed by atoms with van der Waals surface area (Å²) in [5.41, 5.74) is 3.11. The van der Waals surface area contributed by atoms with Crippen molar-refractivity contribution in [1.82, 2.24) is 20.3 Å². The van der Waals surface area contributed by atoms with Crippen LogP contribution < -0.4 is 10.2 Å². The van der Waals surface area contributed by atoms with E-state index < -0.39 is 6.09 Å². The number of carbonyl (C=O) groups is 1. The standard InChI is InChI=1S/C27H27N5O3/c1-18-6-7-21-23(16-18)30-25(22-4-2-3-5-24(22)33)31-26(21)32(20-10-14-29-15-11-20)27(34)35-17-19-8-12-28-13-9-19/h2-9,12-13,16,20,29,33H,10-11,14-15,17H2,1H3. The molecule has 0 bridgehead atoms. The van der Waals surface area contributed by atoms with Crippen LogP contribution in [-0.2, 0) is 11.3 Å². The number of hydrogen-bond donors (Lipinski definition) is 2. The van der Waals surface area contributed by atoms with Crippen molar-refractivity contribution in [1.29, 1.82) is 0 Å². The van der Waals surface area contributed by atoms with Crippen molar-refractivity contribution in [2.24, 2.45) is 0 Å². The van der Waals surface area contributed by atoms with Gasteiger partial charge in [0.05, 0.1) is 11.1 Å². The van der Waals surface area contributed by atoms with Gasteiger partial charge in [-0.05, 0) is 80.4 Å². The summed E-state index contributed by atoms with van der Waals surface area (Å²) in [6.07, 6.45) is 4.43. The van der Waals surface area contributed by atoms with Gasteiger partial charge in [-0.1, -0.05) is 18.2 Å². The van der Waals surface area contributed by atoms with Crippen molar-refractivity contribution in [3.05, 3.63) is 78.1 Å². The molecule has 5 rings (SSSR count). The third kappa shape index (κ3) is 4.93. The molecule has 1 saturated heterocycles. The first-order valence-corrected chi connectivity index (χ1v) is 11.7. The monoisotopic (exact) mass is 469 g/mol. The lowest BCUT2D eigenvalue weighted by atomic mass is 10.0. The third-order valence-electron chi connectivity index (χ3n) is 6.19. The Kier molecular flexibility index (Phi) is 6.54. The molecule has 0 aliphatic carbocycles. The minimum absolute atomic E-state index is 0.0825. The van der Waals surface area contributed by atoms with Crippen LogP contribution in [0.2, 0.25) is 0 Å². The van der Waals surface area contributed by atoms with Crippen molar-refractivity contribution in [3.63, 3.8) is 0 Å². The molecule has 2 N–H and O–H groups in total. The van der Waals surface area contributed by atoms with Gasteiger partial charge in [0, 0.05) is 23.8 Å². The Labute approximate surface area is 203 Å². The number of rotatable bonds is 5. The van der Waals surface area contributed by atoms with Crippen molar-refractivity contribution in [2.75, 3.05) is 18.0 Å². The molecule has 1 amide bonds. The number of anilines is 1. The quantitative estimate of drug-likeness (QED) is 0.440. The minimum Gasteiger partial charge on any atom is -0.507 e. The van der Waals surface area contributed by atoms with Crippen LogP contribution in [0.1, 0.15) is 24.0 Å². The molecule has 1 aliphatic heterocycles. The number of amides is 1. The molecule has 178 valence electrons. The summed E-state index contributed by atoms with van der Waals surface area (Å²) in [5, 5.41) is 14.6. The fourth-order valence-electron chi connectivity index (χ4n) is 4.36. The summed E-state index contributed by atoms with van der Waals surface area (Å²) in [6, 6.07) is 16.4. The molecular weight excluding hydrogens is 442 g/mol. The average molecular weight is 470 g/mol. The number of aromatic hydroxyl groups is 1. The highest BCUT2D eigenvalue weighted by molar-refractivity contribution is 6.00. The summed E-state index contributed by atoms with van der Waals surface area (Å²) in [4.78, 5) is 28.9. The van der Waals surface area contributed by atoms with E-state index >= 15 is 0 Å². The molecule has 1 fully saturated rings. The Morgan fingerprint density at radius 2 is 1.86 bits per heavy atom. The lowest BCUT2D eigenvalue weighted by Crippen LogP contribution is -2.47. The molecule has 2 aromatic heterocycles. The number of carbonyl (C=O) groups excluding carboxylic acids is 1. The van der Waals surface area contributed by atoms with E-state index in [2.05, 4.69) is 10.3 Å². The zero-order valence-corrected chi connectivity index (χ0v) is 19.5. The molecule has 2 aromatic carbocycles. The number of piperidine rings is 1. The highest BCUT2D eigenvalue weighted by atomic mass is 16.6. The van der Waals surface area contributed by atoms with Gasteiger partial charge in [-0.2, -0.15) is 0 Å². The smallest absolute Gasteiger partial charge is 0.416 e. The van der Waals surface area contributed by atoms with Gasteiger partial charge in [-0.15, -0.1) is 0 Å². The second kappa shape index (κ2) is 10.1. The fraction of sp³-hybridized carbons (Fsp3) is 0.259. The Morgan fingerprint density at radius 1 is 1.09 bits per heavy atom. The molecule has 0 spiro atoms. The van der Waals surface area contributed by atoms with E-state index in [0.717, 1.165) is 42.4 Å². The Hall–Kier alpha value is -4.04. The lowest BCUT2D eigenvalue weighted by molar-refractivity contribution is 0.143. The Balaban J connectivity index is 1.62. The number of pyridine rings is 1. The SMILES string of the molecule is Cc1ccc2c(N(C(=O)OCc3ccncc3)C3CCNCC3)nc(-c3ccccc3O)nc2c1. The van der Waals surface area contributed by atoms with Gasteiger partial charge in [0.2, 0.25) is 0 Å². The van der Waals surface area contributed by atoms with E-state index in [1.165, 1.54) is 0 Å². The number of nitrogens with one attached hydrogen (secondary N) is 1. The maximum absolute atomic E-state index is 13.6. The molecule has 0 atom stereocenters. The lowest BCUT2D eigenvalue weighted by Gasteiger charge is -2.33. The molecule has 1 aliphatic rings. The number of para-hydroxylation sites is 1. The molecule has 0 saturated carbocycles. The number of ether oxygens (including phenoxy) is 1. The Bertz CT molecular complexity index is 1340. The second-order valence-corrected chi connectivity index (χ2v) is 8.67. The molecular formula is C27H27N5O3. The number of hydrogen-bond acceptors (Lipinski definition) is 7. The van der Waals surface area contributed by atoms with Gasteiger partial charge in [-0.3, -0.25) is 9.88 Å². The van der Waals surface area contributed by atoms with Crippen LogP contribution in [0.25, 0.3) is 22.3 Å². The average Bonchev–Trinajstić information content (AvgIpc) is 2.89. The molecule has 4 aromatic rings. The number of benzene rings is 2. The Morgan fingerprint density at radius 3 is 2.63 bits per heavy atom. The van der Waals surface area contributed by atoms with Crippen molar-refractivity contribution in [3.8, 4) is 17.1 Å². The fourth-order valence-corrected chi connectivity index (χ4v) is 4.36. The first kappa shape index (κ1) is 22.7. The molecule has 8 heteroatoms. The third-order valence-corrected chi connectivity index (χ3v) is 6.19. The molecule has 8 nitrogen and oxygen atoms in total. The van der Waals surface area contributed by atoms with E-state index in [-0.39, 0.29) is 18.4 Å². The summed E-state index contributed by atoms with van der Waals surface area (Å²) >= 11 is 0. The van der Waals surface area contributed by atoms with Crippen molar-refractivity contribution < 1.29 is 14.6 Å². The van der Waals surface area contributed by atoms with Crippen molar-refractivity contribution in [2.45, 2.75) is 32.4 Å². The largest absolute Gasteiger partial charge is 0.507 e. The van der Waals surface area contributed by atoms with Gasteiger partial charge in [0.15, 0.2) is 5.82 Å². The van der Waals surface area contributed by atoms with E-state index in [4.69, 9.17) is 14.7 Å². The highest BCUT2D eigenvalue weighted by Gasteiger charge is 2.31. The minimum atomic E-state index is -0.461. The number of aryl methyl sites for hydroxylation is 1. The van der Waals surface area contributed by atoms with Crippen LogP contribution in [0.3, 0.4) is 0 Å². The highest BCUT2D eigenvalue weighted by Crippen LogP contribution is 2.34. The summed E-state index contributed by atoms with van der Waals surface area (Å²) in [5.74, 6) is 0.927. The van der Waals surface area contributed by atoms with Gasteiger partial charge in [-0.25, -0.2) is 14.8 Å². The van der Waals surface area contributed by atoms with Crippen LogP contribution in [-0.4, -0.2) is 45.3 Å². The number of fused-ring (bicyclic) bond motifs is 1. The maximum atomic E-state index is 13.6. The number of aromatic nitrogens is 3. The summed E-state index contributed by atoms with van der Waals surface area (Å²) in [6.45, 7) is 3.73. The van der Waals surface area contributed by atoms with E-state index in [1.807, 2.05) is 43.3 Å². The second-order valence-electron chi connectivity index (χ2n) is 8.67. The topological polar surface area (TPSA) is 100 Å². The van der Waals surface area contributed by atoms with Crippen LogP contribution in [0.15, 0.2) is 67.0 Å². The predicted octanol–water partition coefficient (Wildman–Crippen LogP) is 4.60. The number of nitrogens with zero attached hydrogens (tertiary/aromatic N) is 4. The maximum Gasteiger partial charge on any atom is 0.416 e.